The van der Waals surface area contributed by atoms with Gasteiger partial charge in [0, 0.05) is 18.9 Å². The average Bonchev–Trinajstić information content (AvgIpc) is 2.68. The molecule has 1 unspecified atom stereocenters. The van der Waals surface area contributed by atoms with Crippen LogP contribution in [0.25, 0.3) is 0 Å². The quantitative estimate of drug-likeness (QED) is 0.712. The van der Waals surface area contributed by atoms with E-state index in [1.165, 1.54) is 5.56 Å². The van der Waals surface area contributed by atoms with Crippen molar-refractivity contribution in [2.24, 2.45) is 0 Å². The summed E-state index contributed by atoms with van der Waals surface area (Å²) in [5.74, 6) is 0. The highest BCUT2D eigenvalue weighted by Crippen LogP contribution is 2.38. The van der Waals surface area contributed by atoms with Crippen molar-refractivity contribution < 1.29 is 8.42 Å². The average molecular weight is 364 g/mol. The minimum Gasteiger partial charge on any atom is -0.264 e. The number of rotatable bonds is 3. The van der Waals surface area contributed by atoms with E-state index in [2.05, 4.69) is 11.1 Å². The van der Waals surface area contributed by atoms with Crippen LogP contribution in [-0.2, 0) is 16.4 Å². The second-order valence-corrected chi connectivity index (χ2v) is 8.38. The first-order chi connectivity index (χ1) is 12.6. The molecule has 2 aromatic carbocycles. The van der Waals surface area contributed by atoms with Crippen LogP contribution < -0.4 is 0 Å². The molecule has 5 heteroatoms. The van der Waals surface area contributed by atoms with E-state index in [1.807, 2.05) is 49.4 Å². The molecular weight excluding hydrogens is 344 g/mol. The van der Waals surface area contributed by atoms with Gasteiger partial charge in [-0.3, -0.25) is 4.98 Å². The predicted octanol–water partition coefficient (Wildman–Crippen LogP) is 3.73. The molecule has 0 N–H and O–H groups in total. The lowest BCUT2D eigenvalue weighted by Crippen LogP contribution is -2.40. The Kier molecular flexibility index (Phi) is 4.34. The van der Waals surface area contributed by atoms with Gasteiger partial charge in [0.1, 0.15) is 0 Å². The van der Waals surface area contributed by atoms with Gasteiger partial charge in [0.05, 0.1) is 10.9 Å². The largest absolute Gasteiger partial charge is 0.264 e. The molecule has 0 amide bonds. The first-order valence-corrected chi connectivity index (χ1v) is 10.1. The molecular formula is C21H20N2O2S. The van der Waals surface area contributed by atoms with Crippen molar-refractivity contribution in [3.8, 4) is 0 Å². The first-order valence-electron chi connectivity index (χ1n) is 8.64. The SMILES string of the molecule is Cc1ccccc1S(=O)(=O)N1CCc2ccccc2C1c1cccnc1. The fourth-order valence-electron chi connectivity index (χ4n) is 3.66. The van der Waals surface area contributed by atoms with Gasteiger partial charge >= 0.3 is 0 Å². The Morgan fingerprint density at radius 3 is 2.54 bits per heavy atom. The van der Waals surface area contributed by atoms with Gasteiger partial charge in [-0.15, -0.1) is 0 Å². The second-order valence-electron chi connectivity index (χ2n) is 6.52. The van der Waals surface area contributed by atoms with E-state index in [0.29, 0.717) is 17.9 Å². The highest BCUT2D eigenvalue weighted by Gasteiger charge is 2.37. The van der Waals surface area contributed by atoms with E-state index < -0.39 is 10.0 Å². The monoisotopic (exact) mass is 364 g/mol. The number of benzene rings is 2. The zero-order valence-corrected chi connectivity index (χ0v) is 15.4. The third-order valence-electron chi connectivity index (χ3n) is 4.92. The van der Waals surface area contributed by atoms with Gasteiger partial charge in [-0.1, -0.05) is 48.5 Å². The molecule has 0 fully saturated rings. The molecule has 26 heavy (non-hydrogen) atoms. The van der Waals surface area contributed by atoms with Crippen LogP contribution in [0, 0.1) is 6.92 Å². The van der Waals surface area contributed by atoms with Crippen LogP contribution in [0.4, 0.5) is 0 Å². The molecule has 0 radical (unpaired) electrons. The third-order valence-corrected chi connectivity index (χ3v) is 6.94. The van der Waals surface area contributed by atoms with E-state index >= 15 is 0 Å². The molecule has 0 aliphatic carbocycles. The van der Waals surface area contributed by atoms with Gasteiger partial charge in [0.15, 0.2) is 0 Å². The maximum Gasteiger partial charge on any atom is 0.244 e. The van der Waals surface area contributed by atoms with Crippen molar-refractivity contribution in [3.05, 3.63) is 95.3 Å². The van der Waals surface area contributed by atoms with Gasteiger partial charge in [-0.05, 0) is 47.7 Å². The van der Waals surface area contributed by atoms with Crippen LogP contribution in [-0.4, -0.2) is 24.3 Å². The molecule has 0 saturated carbocycles. The van der Waals surface area contributed by atoms with Crippen LogP contribution in [0.3, 0.4) is 0 Å². The van der Waals surface area contributed by atoms with E-state index in [-0.39, 0.29) is 6.04 Å². The first kappa shape index (κ1) is 16.9. The van der Waals surface area contributed by atoms with Crippen molar-refractivity contribution >= 4 is 10.0 Å². The fourth-order valence-corrected chi connectivity index (χ4v) is 5.48. The summed E-state index contributed by atoms with van der Waals surface area (Å²) in [6, 6.07) is 18.7. The molecule has 1 aliphatic heterocycles. The van der Waals surface area contributed by atoms with E-state index in [0.717, 1.165) is 16.7 Å². The zero-order valence-electron chi connectivity index (χ0n) is 14.5. The number of fused-ring (bicyclic) bond motifs is 1. The molecule has 0 saturated heterocycles. The third kappa shape index (κ3) is 2.83. The fraction of sp³-hybridized carbons (Fsp3) is 0.190. The summed E-state index contributed by atoms with van der Waals surface area (Å²) in [5.41, 5.74) is 3.87. The number of hydrogen-bond donors (Lipinski definition) is 0. The molecule has 4 rings (SSSR count). The van der Waals surface area contributed by atoms with E-state index in [1.54, 1.807) is 28.8 Å². The summed E-state index contributed by atoms with van der Waals surface area (Å²) in [4.78, 5) is 4.59. The van der Waals surface area contributed by atoms with Crippen molar-refractivity contribution in [1.29, 1.82) is 0 Å². The minimum atomic E-state index is -3.63. The predicted molar refractivity (Wildman–Crippen MR) is 101 cm³/mol. The number of nitrogens with zero attached hydrogens (tertiary/aromatic N) is 2. The lowest BCUT2D eigenvalue weighted by atomic mass is 9.91. The van der Waals surface area contributed by atoms with Gasteiger partial charge in [0.2, 0.25) is 10.0 Å². The zero-order chi connectivity index (χ0) is 18.1. The number of aryl methyl sites for hydroxylation is 1. The Balaban J connectivity index is 1.89. The summed E-state index contributed by atoms with van der Waals surface area (Å²) in [6.45, 7) is 2.29. The maximum atomic E-state index is 13.5. The van der Waals surface area contributed by atoms with Crippen LogP contribution in [0.1, 0.15) is 28.3 Å². The topological polar surface area (TPSA) is 50.3 Å². The van der Waals surface area contributed by atoms with E-state index in [9.17, 15) is 8.42 Å². The summed E-state index contributed by atoms with van der Waals surface area (Å²) in [7, 11) is -3.63. The maximum absolute atomic E-state index is 13.5. The highest BCUT2D eigenvalue weighted by atomic mass is 32.2. The number of aromatic nitrogens is 1. The smallest absolute Gasteiger partial charge is 0.244 e. The Bertz CT molecular complexity index is 1030. The lowest BCUT2D eigenvalue weighted by Gasteiger charge is -2.36. The number of hydrogen-bond acceptors (Lipinski definition) is 3. The van der Waals surface area contributed by atoms with Crippen LogP contribution in [0.5, 0.6) is 0 Å². The van der Waals surface area contributed by atoms with Crippen molar-refractivity contribution in [1.82, 2.24) is 9.29 Å². The molecule has 1 atom stereocenters. The highest BCUT2D eigenvalue weighted by molar-refractivity contribution is 7.89. The van der Waals surface area contributed by atoms with Gasteiger partial charge in [-0.2, -0.15) is 4.31 Å². The molecule has 0 bridgehead atoms. The Labute approximate surface area is 154 Å². The van der Waals surface area contributed by atoms with Crippen molar-refractivity contribution in [3.63, 3.8) is 0 Å². The van der Waals surface area contributed by atoms with Gasteiger partial charge in [-0.25, -0.2) is 8.42 Å². The standard InChI is InChI=1S/C21H20N2O2S/c1-16-7-2-5-11-20(16)26(24,25)23-14-12-17-8-3-4-10-19(17)21(23)18-9-6-13-22-15-18/h2-11,13,15,21H,12,14H2,1H3. The molecule has 4 nitrogen and oxygen atoms in total. The lowest BCUT2D eigenvalue weighted by molar-refractivity contribution is 0.343. The van der Waals surface area contributed by atoms with Gasteiger partial charge in [0.25, 0.3) is 0 Å². The second kappa shape index (κ2) is 6.67. The van der Waals surface area contributed by atoms with Crippen molar-refractivity contribution in [2.45, 2.75) is 24.3 Å². The molecule has 132 valence electrons. The van der Waals surface area contributed by atoms with Gasteiger partial charge < -0.3 is 0 Å². The number of pyridine rings is 1. The molecule has 2 heterocycles. The Hall–Kier alpha value is -2.50. The van der Waals surface area contributed by atoms with Crippen LogP contribution >= 0.6 is 0 Å². The molecule has 3 aromatic rings. The Morgan fingerprint density at radius 1 is 1.00 bits per heavy atom. The number of sulfonamides is 1. The molecule has 1 aliphatic rings. The summed E-state index contributed by atoms with van der Waals surface area (Å²) < 4.78 is 28.6. The van der Waals surface area contributed by atoms with Crippen molar-refractivity contribution in [2.75, 3.05) is 6.54 Å². The molecule has 0 spiro atoms. The van der Waals surface area contributed by atoms with Crippen LogP contribution in [0.15, 0.2) is 78.0 Å². The molecule has 1 aromatic heterocycles. The van der Waals surface area contributed by atoms with E-state index in [4.69, 9.17) is 0 Å². The van der Waals surface area contributed by atoms with Crippen LogP contribution in [0.2, 0.25) is 0 Å². The Morgan fingerprint density at radius 2 is 1.77 bits per heavy atom. The summed E-state index contributed by atoms with van der Waals surface area (Å²) in [5, 5.41) is 0. The summed E-state index contributed by atoms with van der Waals surface area (Å²) in [6.07, 6.45) is 4.17. The normalized spacial score (nSPS) is 17.7. The minimum absolute atomic E-state index is 0.363. The summed E-state index contributed by atoms with van der Waals surface area (Å²) >= 11 is 0.